The van der Waals surface area contributed by atoms with Crippen LogP contribution in [0.25, 0.3) is 10.1 Å². The van der Waals surface area contributed by atoms with Crippen LogP contribution < -0.4 is 5.46 Å². The molecule has 1 aromatic carbocycles. The Morgan fingerprint density at radius 3 is 2.71 bits per heavy atom. The minimum absolute atomic E-state index is 0.465. The van der Waals surface area contributed by atoms with Crippen molar-refractivity contribution in [1.29, 1.82) is 0 Å². The maximum absolute atomic E-state index is 9.15. The van der Waals surface area contributed by atoms with E-state index in [0.29, 0.717) is 10.5 Å². The maximum atomic E-state index is 9.15. The average molecular weight is 338 g/mol. The van der Waals surface area contributed by atoms with Gasteiger partial charge in [-0.05, 0) is 34.1 Å². The first kappa shape index (κ1) is 10.7. The molecule has 0 aliphatic rings. The van der Waals surface area contributed by atoms with Gasteiger partial charge in [0.15, 0.2) is 0 Å². The molecule has 0 aliphatic heterocycles. The van der Waals surface area contributed by atoms with Crippen LogP contribution in [0.4, 0.5) is 0 Å². The van der Waals surface area contributed by atoms with Crippen LogP contribution in [-0.4, -0.2) is 17.2 Å². The van der Waals surface area contributed by atoms with E-state index < -0.39 is 7.12 Å². The van der Waals surface area contributed by atoms with E-state index in [1.807, 2.05) is 6.07 Å². The van der Waals surface area contributed by atoms with Gasteiger partial charge < -0.3 is 10.0 Å². The summed E-state index contributed by atoms with van der Waals surface area (Å²) in [5, 5.41) is 21.4. The molecule has 2 rings (SSSR count). The summed E-state index contributed by atoms with van der Waals surface area (Å²) in [4.78, 5) is 0. The van der Waals surface area contributed by atoms with Gasteiger partial charge in [-0.25, -0.2) is 0 Å². The van der Waals surface area contributed by atoms with E-state index in [1.54, 1.807) is 11.4 Å². The summed E-state index contributed by atoms with van der Waals surface area (Å²) in [5.41, 5.74) is 0.465. The third-order valence-corrected chi connectivity index (χ3v) is 4.64. The second kappa shape index (κ2) is 3.98. The maximum Gasteiger partial charge on any atom is 0.489 e. The van der Waals surface area contributed by atoms with E-state index in [4.69, 9.17) is 21.6 Å². The Kier molecular flexibility index (Phi) is 3.04. The number of hydrogen-bond acceptors (Lipinski definition) is 3. The molecule has 1 aromatic heterocycles. The number of halogens is 2. The highest BCUT2D eigenvalue weighted by atomic mass is 127. The van der Waals surface area contributed by atoms with Gasteiger partial charge in [-0.3, -0.25) is 0 Å². The number of hydrogen-bond donors (Lipinski definition) is 2. The van der Waals surface area contributed by atoms with Gasteiger partial charge in [0.05, 0.1) is 5.02 Å². The second-order valence-corrected chi connectivity index (χ2v) is 5.25. The lowest BCUT2D eigenvalue weighted by molar-refractivity contribution is 0.426. The summed E-state index contributed by atoms with van der Waals surface area (Å²) in [7, 11) is -1.47. The second-order valence-electron chi connectivity index (χ2n) is 2.80. The summed E-state index contributed by atoms with van der Waals surface area (Å²) in [5.74, 6) is 0. The molecule has 0 fully saturated rings. The largest absolute Gasteiger partial charge is 0.489 e. The molecule has 2 nitrogen and oxygen atoms in total. The molecule has 0 atom stereocenters. The summed E-state index contributed by atoms with van der Waals surface area (Å²) >= 11 is 9.69. The van der Waals surface area contributed by atoms with Gasteiger partial charge >= 0.3 is 7.12 Å². The molecule has 0 unspecified atom stereocenters. The van der Waals surface area contributed by atoms with Crippen molar-refractivity contribution in [2.24, 2.45) is 0 Å². The molecule has 14 heavy (non-hydrogen) atoms. The normalized spacial score (nSPS) is 10.9. The van der Waals surface area contributed by atoms with Crippen molar-refractivity contribution < 1.29 is 10.0 Å². The van der Waals surface area contributed by atoms with Crippen molar-refractivity contribution in [1.82, 2.24) is 0 Å². The summed E-state index contributed by atoms with van der Waals surface area (Å²) < 4.78 is 2.07. The Morgan fingerprint density at radius 2 is 2.07 bits per heavy atom. The molecule has 0 spiro atoms. The van der Waals surface area contributed by atoms with Crippen LogP contribution in [0.2, 0.25) is 5.02 Å². The van der Waals surface area contributed by atoms with E-state index in [9.17, 15) is 0 Å². The smallest absolute Gasteiger partial charge is 0.423 e. The Bertz CT molecular complexity index is 485. The lowest BCUT2D eigenvalue weighted by Crippen LogP contribution is -2.30. The third kappa shape index (κ3) is 1.67. The Hall–Kier alpha value is 0.185. The predicted molar refractivity (Wildman–Crippen MR) is 69.4 cm³/mol. The van der Waals surface area contributed by atoms with E-state index in [0.717, 1.165) is 13.7 Å². The van der Waals surface area contributed by atoms with E-state index in [-0.39, 0.29) is 0 Å². The van der Waals surface area contributed by atoms with Gasteiger partial charge in [0.1, 0.15) is 0 Å². The number of benzene rings is 1. The van der Waals surface area contributed by atoms with Gasteiger partial charge in [-0.15, -0.1) is 11.3 Å². The van der Waals surface area contributed by atoms with Crippen LogP contribution >= 0.6 is 45.5 Å². The van der Waals surface area contributed by atoms with Crippen LogP contribution in [0.5, 0.6) is 0 Å². The molecule has 0 aliphatic carbocycles. The van der Waals surface area contributed by atoms with Crippen molar-refractivity contribution in [3.8, 4) is 0 Å². The fourth-order valence-electron chi connectivity index (χ4n) is 1.32. The number of thiophene rings is 1. The molecule has 2 N–H and O–H groups in total. The molecular weight excluding hydrogens is 333 g/mol. The summed E-state index contributed by atoms with van der Waals surface area (Å²) in [6.07, 6.45) is 0. The van der Waals surface area contributed by atoms with Crippen molar-refractivity contribution in [3.05, 3.63) is 26.1 Å². The zero-order valence-electron chi connectivity index (χ0n) is 6.87. The van der Waals surface area contributed by atoms with Gasteiger partial charge in [0.25, 0.3) is 0 Å². The molecule has 0 radical (unpaired) electrons. The fourth-order valence-corrected chi connectivity index (χ4v) is 3.41. The molecule has 72 valence electrons. The van der Waals surface area contributed by atoms with Gasteiger partial charge in [0, 0.05) is 19.0 Å². The van der Waals surface area contributed by atoms with E-state index in [1.165, 1.54) is 11.3 Å². The minimum Gasteiger partial charge on any atom is -0.423 e. The quantitative estimate of drug-likeness (QED) is 0.615. The van der Waals surface area contributed by atoms with Crippen molar-refractivity contribution in [2.45, 2.75) is 0 Å². The molecule has 0 amide bonds. The number of fused-ring (bicyclic) bond motifs is 1. The first-order valence-corrected chi connectivity index (χ1v) is 6.16. The monoisotopic (exact) mass is 338 g/mol. The molecule has 0 saturated carbocycles. The molecular formula is C8H5BClIO2S. The van der Waals surface area contributed by atoms with Crippen LogP contribution in [0.3, 0.4) is 0 Å². The van der Waals surface area contributed by atoms with Crippen LogP contribution in [0, 0.1) is 3.57 Å². The highest BCUT2D eigenvalue weighted by Gasteiger charge is 2.18. The molecule has 1 heterocycles. The SMILES string of the molecule is OB(O)c1ccc(I)c2scc(Cl)c12. The highest BCUT2D eigenvalue weighted by molar-refractivity contribution is 14.1. The predicted octanol–water partition coefficient (Wildman–Crippen LogP) is 1.84. The number of rotatable bonds is 1. The van der Waals surface area contributed by atoms with Gasteiger partial charge in [-0.1, -0.05) is 17.7 Å². The Morgan fingerprint density at radius 1 is 1.36 bits per heavy atom. The van der Waals surface area contributed by atoms with Crippen LogP contribution in [0.1, 0.15) is 0 Å². The third-order valence-electron chi connectivity index (χ3n) is 1.94. The van der Waals surface area contributed by atoms with Crippen LogP contribution in [0.15, 0.2) is 17.5 Å². The molecule has 2 aromatic rings. The standard InChI is InChI=1S/C8H5BClIO2S/c10-5-3-14-8-6(11)2-1-4(7(5)8)9(12)13/h1-3,12-13H. The van der Waals surface area contributed by atoms with Crippen molar-refractivity contribution in [2.75, 3.05) is 0 Å². The van der Waals surface area contributed by atoms with E-state index >= 15 is 0 Å². The summed E-state index contributed by atoms with van der Waals surface area (Å²) in [6.45, 7) is 0. The minimum atomic E-state index is -1.47. The lowest BCUT2D eigenvalue weighted by Gasteiger charge is -2.03. The van der Waals surface area contributed by atoms with Gasteiger partial charge in [0.2, 0.25) is 0 Å². The fraction of sp³-hybridized carbons (Fsp3) is 0. The molecule has 0 saturated heterocycles. The zero-order valence-corrected chi connectivity index (χ0v) is 10.6. The highest BCUT2D eigenvalue weighted by Crippen LogP contribution is 2.31. The molecule has 0 bridgehead atoms. The van der Waals surface area contributed by atoms with Crippen LogP contribution in [-0.2, 0) is 0 Å². The summed E-state index contributed by atoms with van der Waals surface area (Å²) in [6, 6.07) is 3.54. The Labute approximate surface area is 104 Å². The van der Waals surface area contributed by atoms with Crippen molar-refractivity contribution >= 4 is 68.2 Å². The topological polar surface area (TPSA) is 40.5 Å². The zero-order chi connectivity index (χ0) is 10.3. The van der Waals surface area contributed by atoms with E-state index in [2.05, 4.69) is 22.6 Å². The van der Waals surface area contributed by atoms with Gasteiger partial charge in [-0.2, -0.15) is 0 Å². The Balaban J connectivity index is 2.85. The lowest BCUT2D eigenvalue weighted by atomic mass is 9.78. The first-order chi connectivity index (χ1) is 6.61. The van der Waals surface area contributed by atoms with Crippen molar-refractivity contribution in [3.63, 3.8) is 0 Å². The average Bonchev–Trinajstić information content (AvgIpc) is 2.50. The molecule has 6 heteroatoms. The first-order valence-electron chi connectivity index (χ1n) is 3.82.